The Hall–Kier alpha value is -1.75. The van der Waals surface area contributed by atoms with E-state index < -0.39 is 15.7 Å². The third kappa shape index (κ3) is 6.88. The van der Waals surface area contributed by atoms with Crippen LogP contribution in [0.4, 0.5) is 10.1 Å². The normalized spacial score (nSPS) is 21.6. The first-order chi connectivity index (χ1) is 15.9. The number of aromatic nitrogens is 1. The van der Waals surface area contributed by atoms with Gasteiger partial charge in [-0.3, -0.25) is 9.69 Å². The van der Waals surface area contributed by atoms with Crippen LogP contribution in [-0.2, 0) is 20.4 Å². The highest BCUT2D eigenvalue weighted by Gasteiger charge is 2.32. The molecule has 1 aromatic carbocycles. The predicted molar refractivity (Wildman–Crippen MR) is 128 cm³/mol. The van der Waals surface area contributed by atoms with Gasteiger partial charge in [-0.1, -0.05) is 30.9 Å². The van der Waals surface area contributed by atoms with E-state index in [2.05, 4.69) is 15.2 Å². The number of rotatable bonds is 6. The summed E-state index contributed by atoms with van der Waals surface area (Å²) in [7, 11) is -3.86. The van der Waals surface area contributed by atoms with E-state index in [4.69, 9.17) is 21.5 Å². The van der Waals surface area contributed by atoms with Gasteiger partial charge in [-0.25, -0.2) is 17.8 Å². The number of anilines is 1. The highest BCUT2D eigenvalue weighted by molar-refractivity contribution is 7.90. The summed E-state index contributed by atoms with van der Waals surface area (Å²) in [5.74, 6) is -1.10. The maximum Gasteiger partial charge on any atom is 0.290 e. The van der Waals surface area contributed by atoms with Gasteiger partial charge in [0.1, 0.15) is 21.5 Å². The summed E-state index contributed by atoms with van der Waals surface area (Å²) in [4.78, 5) is 14.5. The second kappa shape index (κ2) is 12.1. The van der Waals surface area contributed by atoms with E-state index in [1.54, 1.807) is 5.38 Å². The van der Waals surface area contributed by atoms with Crippen molar-refractivity contribution >= 4 is 44.9 Å². The minimum atomic E-state index is -3.86. The molecular weight excluding hydrogens is 489 g/mol. The fourth-order valence-electron chi connectivity index (χ4n) is 4.61. The molecule has 1 aliphatic carbocycles. The standard InChI is InChI=1S/C21H27ClFN3O2S2.CH2O2/c22-15-12-20(30(27,28)14-21-24-8-11-29-21)16(23)13-18(15)25-17-6-2-3-7-19(17)26-9-4-1-5-10-26;2-1-3/h8,11-13,17,19,25H,1-7,9-10,14H2;1H,(H,2,3)/t17-,19-;/m0./s1. The van der Waals surface area contributed by atoms with Gasteiger partial charge in [-0.15, -0.1) is 11.3 Å². The fraction of sp³-hybridized carbons (Fsp3) is 0.545. The molecule has 4 rings (SSSR count). The van der Waals surface area contributed by atoms with Crippen LogP contribution in [0.3, 0.4) is 0 Å². The van der Waals surface area contributed by atoms with Crippen LogP contribution in [0.5, 0.6) is 0 Å². The molecule has 7 nitrogen and oxygen atoms in total. The average Bonchev–Trinajstić information content (AvgIpc) is 3.30. The van der Waals surface area contributed by atoms with Crippen LogP contribution in [0.25, 0.3) is 0 Å². The van der Waals surface area contributed by atoms with Crippen molar-refractivity contribution in [2.45, 2.75) is 67.7 Å². The third-order valence-electron chi connectivity index (χ3n) is 6.08. The Bertz CT molecular complexity index is 1010. The lowest BCUT2D eigenvalue weighted by Gasteiger charge is -2.42. The molecule has 1 saturated carbocycles. The van der Waals surface area contributed by atoms with Gasteiger partial charge >= 0.3 is 0 Å². The van der Waals surface area contributed by atoms with Crippen LogP contribution in [0, 0.1) is 5.82 Å². The lowest BCUT2D eigenvalue weighted by molar-refractivity contribution is -0.122. The van der Waals surface area contributed by atoms with Gasteiger partial charge in [0.15, 0.2) is 9.84 Å². The van der Waals surface area contributed by atoms with Crippen molar-refractivity contribution in [1.29, 1.82) is 0 Å². The van der Waals surface area contributed by atoms with E-state index in [-0.39, 0.29) is 28.2 Å². The van der Waals surface area contributed by atoms with Crippen molar-refractivity contribution in [1.82, 2.24) is 9.88 Å². The highest BCUT2D eigenvalue weighted by atomic mass is 35.5. The van der Waals surface area contributed by atoms with Crippen LogP contribution in [0.15, 0.2) is 28.6 Å². The first-order valence-corrected chi connectivity index (χ1v) is 14.0. The Kier molecular flexibility index (Phi) is 9.48. The largest absolute Gasteiger partial charge is 0.483 e. The number of likely N-dealkylation sites (tertiary alicyclic amines) is 1. The molecule has 2 N–H and O–H groups in total. The summed E-state index contributed by atoms with van der Waals surface area (Å²) in [6.45, 7) is 1.97. The molecule has 2 fully saturated rings. The molecule has 0 amide bonds. The quantitative estimate of drug-likeness (QED) is 0.530. The van der Waals surface area contributed by atoms with Crippen molar-refractivity contribution < 1.29 is 22.7 Å². The van der Waals surface area contributed by atoms with E-state index >= 15 is 0 Å². The van der Waals surface area contributed by atoms with Crippen LogP contribution in [0.1, 0.15) is 50.0 Å². The molecule has 33 heavy (non-hydrogen) atoms. The van der Waals surface area contributed by atoms with E-state index in [1.807, 2.05) is 0 Å². The number of thiazole rings is 1. The van der Waals surface area contributed by atoms with E-state index in [0.717, 1.165) is 32.4 Å². The number of hydrogen-bond donors (Lipinski definition) is 2. The summed E-state index contributed by atoms with van der Waals surface area (Å²) >= 11 is 7.65. The maximum atomic E-state index is 14.9. The molecule has 11 heteroatoms. The smallest absolute Gasteiger partial charge is 0.290 e. The first kappa shape index (κ1) is 25.9. The average molecular weight is 518 g/mol. The molecule has 1 aromatic heterocycles. The molecule has 1 saturated heterocycles. The Morgan fingerprint density at radius 3 is 2.58 bits per heavy atom. The number of nitrogens with zero attached hydrogens (tertiary/aromatic N) is 2. The number of sulfone groups is 1. The molecule has 1 aliphatic heterocycles. The number of hydrogen-bond acceptors (Lipinski definition) is 7. The Labute approximate surface area is 202 Å². The molecule has 0 unspecified atom stereocenters. The molecule has 0 radical (unpaired) electrons. The predicted octanol–water partition coefficient (Wildman–Crippen LogP) is 4.82. The van der Waals surface area contributed by atoms with Crippen molar-refractivity contribution in [2.24, 2.45) is 0 Å². The second-order valence-corrected chi connectivity index (χ2v) is 11.6. The van der Waals surface area contributed by atoms with Crippen molar-refractivity contribution in [3.63, 3.8) is 0 Å². The van der Waals surface area contributed by atoms with Crippen LogP contribution >= 0.6 is 22.9 Å². The first-order valence-electron chi connectivity index (χ1n) is 11.0. The van der Waals surface area contributed by atoms with Gasteiger partial charge in [0, 0.05) is 23.7 Å². The number of nitrogens with one attached hydrogen (secondary N) is 1. The molecule has 0 bridgehead atoms. The maximum absolute atomic E-state index is 14.9. The minimum absolute atomic E-state index is 0.187. The molecule has 2 aromatic rings. The fourth-order valence-corrected chi connectivity index (χ4v) is 7.24. The Morgan fingerprint density at radius 2 is 1.91 bits per heavy atom. The van der Waals surface area contributed by atoms with E-state index in [9.17, 15) is 12.8 Å². The third-order valence-corrected chi connectivity index (χ3v) is 9.00. The topological polar surface area (TPSA) is 99.6 Å². The van der Waals surface area contributed by atoms with E-state index in [1.165, 1.54) is 55.3 Å². The van der Waals surface area contributed by atoms with Crippen LogP contribution in [-0.4, -0.2) is 55.1 Å². The second-order valence-electron chi connectivity index (χ2n) is 8.25. The van der Waals surface area contributed by atoms with Crippen molar-refractivity contribution in [3.05, 3.63) is 39.6 Å². The zero-order valence-corrected chi connectivity index (χ0v) is 20.6. The molecule has 2 atom stereocenters. The lowest BCUT2D eigenvalue weighted by atomic mass is 9.88. The zero-order chi connectivity index (χ0) is 23.8. The molecule has 2 heterocycles. The molecule has 2 aliphatic rings. The van der Waals surface area contributed by atoms with E-state index in [0.29, 0.717) is 16.7 Å². The monoisotopic (exact) mass is 517 g/mol. The van der Waals surface area contributed by atoms with Gasteiger partial charge in [-0.05, 0) is 50.9 Å². The zero-order valence-electron chi connectivity index (χ0n) is 18.3. The number of piperidine rings is 1. The van der Waals surface area contributed by atoms with Crippen LogP contribution < -0.4 is 5.32 Å². The van der Waals surface area contributed by atoms with Crippen molar-refractivity contribution in [2.75, 3.05) is 18.4 Å². The molecular formula is C22H29ClFN3O4S2. The Morgan fingerprint density at radius 1 is 1.21 bits per heavy atom. The van der Waals surface area contributed by atoms with Gasteiger partial charge in [-0.2, -0.15) is 0 Å². The summed E-state index contributed by atoms with van der Waals surface area (Å²) < 4.78 is 40.2. The number of benzene rings is 1. The molecule has 182 valence electrons. The Balaban J connectivity index is 0.000000968. The van der Waals surface area contributed by atoms with Gasteiger partial charge < -0.3 is 10.4 Å². The van der Waals surface area contributed by atoms with Gasteiger partial charge in [0.25, 0.3) is 6.47 Å². The van der Waals surface area contributed by atoms with Gasteiger partial charge in [0.05, 0.1) is 10.7 Å². The minimum Gasteiger partial charge on any atom is -0.483 e. The van der Waals surface area contributed by atoms with Crippen molar-refractivity contribution in [3.8, 4) is 0 Å². The number of carbonyl (C=O) groups is 1. The van der Waals surface area contributed by atoms with Crippen LogP contribution in [0.2, 0.25) is 5.02 Å². The number of halogens is 2. The summed E-state index contributed by atoms with van der Waals surface area (Å²) in [5, 5.41) is 12.7. The lowest BCUT2D eigenvalue weighted by Crippen LogP contribution is -2.50. The SMILES string of the molecule is O=CO.O=S(=O)(Cc1nccs1)c1cc(Cl)c(N[C@H]2CCCC[C@@H]2N2CCCCC2)cc1F. The number of carboxylic acid groups (broad SMARTS) is 1. The molecule has 0 spiro atoms. The highest BCUT2D eigenvalue weighted by Crippen LogP contribution is 2.34. The summed E-state index contributed by atoms with van der Waals surface area (Å²) in [6.07, 6.45) is 9.73. The summed E-state index contributed by atoms with van der Waals surface area (Å²) in [6, 6.07) is 3.07. The van der Waals surface area contributed by atoms with Gasteiger partial charge in [0.2, 0.25) is 0 Å². The summed E-state index contributed by atoms with van der Waals surface area (Å²) in [5.41, 5.74) is 0.469.